The molecule has 1 heterocycles. The molecule has 0 radical (unpaired) electrons. The van der Waals surface area contributed by atoms with Gasteiger partial charge < -0.3 is 10.8 Å². The Kier molecular flexibility index (Phi) is 1.98. The molecule has 0 bridgehead atoms. The lowest BCUT2D eigenvalue weighted by molar-refractivity contribution is 0.475. The zero-order valence-electron chi connectivity index (χ0n) is 7.25. The van der Waals surface area contributed by atoms with Gasteiger partial charge in [-0.15, -0.1) is 5.10 Å². The number of hydrogen-bond acceptors (Lipinski definition) is 5. The van der Waals surface area contributed by atoms with Crippen molar-refractivity contribution in [3.63, 3.8) is 0 Å². The molecule has 2 aromatic rings. The molecule has 0 unspecified atom stereocenters. The first-order valence-corrected chi connectivity index (χ1v) is 4.00. The summed E-state index contributed by atoms with van der Waals surface area (Å²) in [4.78, 5) is 4.00. The summed E-state index contributed by atoms with van der Waals surface area (Å²) in [5.74, 6) is 0.347. The zero-order chi connectivity index (χ0) is 9.97. The van der Waals surface area contributed by atoms with E-state index in [0.717, 1.165) is 5.56 Å². The normalized spacial score (nSPS) is 10.0. The van der Waals surface area contributed by atoms with Crippen molar-refractivity contribution in [2.45, 2.75) is 0 Å². The number of phenolic OH excluding ortho intramolecular Hbond substituents is 1. The van der Waals surface area contributed by atoms with E-state index in [1.54, 1.807) is 24.3 Å². The standard InChI is InChI=1S/C9H8N4O/c10-9-12-8(5-11-13-9)6-1-3-7(14)4-2-6/h1-5,14H,(H2,10,12,13). The van der Waals surface area contributed by atoms with Crippen LogP contribution in [0.1, 0.15) is 0 Å². The third-order valence-electron chi connectivity index (χ3n) is 1.74. The Bertz CT molecular complexity index is 441. The van der Waals surface area contributed by atoms with Gasteiger partial charge in [0.1, 0.15) is 5.75 Å². The van der Waals surface area contributed by atoms with Crippen molar-refractivity contribution in [3.8, 4) is 17.0 Å². The lowest BCUT2D eigenvalue weighted by Gasteiger charge is -1.99. The Morgan fingerprint density at radius 3 is 2.50 bits per heavy atom. The Morgan fingerprint density at radius 2 is 1.86 bits per heavy atom. The Balaban J connectivity index is 2.44. The van der Waals surface area contributed by atoms with Gasteiger partial charge in [-0.05, 0) is 24.3 Å². The highest BCUT2D eigenvalue weighted by Gasteiger charge is 2.00. The monoisotopic (exact) mass is 188 g/mol. The van der Waals surface area contributed by atoms with E-state index in [1.165, 1.54) is 6.20 Å². The highest BCUT2D eigenvalue weighted by Crippen LogP contribution is 2.18. The smallest absolute Gasteiger partial charge is 0.240 e. The van der Waals surface area contributed by atoms with Gasteiger partial charge in [0.2, 0.25) is 5.95 Å². The van der Waals surface area contributed by atoms with Crippen LogP contribution in [-0.4, -0.2) is 20.3 Å². The van der Waals surface area contributed by atoms with Crippen molar-refractivity contribution in [2.24, 2.45) is 0 Å². The maximum atomic E-state index is 9.09. The largest absolute Gasteiger partial charge is 0.508 e. The van der Waals surface area contributed by atoms with Gasteiger partial charge in [0.05, 0.1) is 11.9 Å². The van der Waals surface area contributed by atoms with Crippen molar-refractivity contribution in [1.29, 1.82) is 0 Å². The summed E-state index contributed by atoms with van der Waals surface area (Å²) in [6.07, 6.45) is 1.52. The topological polar surface area (TPSA) is 84.9 Å². The molecule has 5 heteroatoms. The quantitative estimate of drug-likeness (QED) is 0.692. The summed E-state index contributed by atoms with van der Waals surface area (Å²) < 4.78 is 0. The van der Waals surface area contributed by atoms with Gasteiger partial charge in [-0.25, -0.2) is 4.98 Å². The van der Waals surface area contributed by atoms with Gasteiger partial charge in [-0.3, -0.25) is 0 Å². The van der Waals surface area contributed by atoms with E-state index >= 15 is 0 Å². The molecule has 0 spiro atoms. The first-order chi connectivity index (χ1) is 6.75. The van der Waals surface area contributed by atoms with Crippen LogP contribution in [0, 0.1) is 0 Å². The molecule has 0 aliphatic heterocycles. The first-order valence-electron chi connectivity index (χ1n) is 4.00. The van der Waals surface area contributed by atoms with Crippen molar-refractivity contribution >= 4 is 5.95 Å². The zero-order valence-corrected chi connectivity index (χ0v) is 7.25. The minimum atomic E-state index is 0.135. The molecule has 5 nitrogen and oxygen atoms in total. The molecule has 3 N–H and O–H groups in total. The van der Waals surface area contributed by atoms with E-state index in [9.17, 15) is 0 Å². The first kappa shape index (κ1) is 8.43. The van der Waals surface area contributed by atoms with Crippen LogP contribution in [0.15, 0.2) is 30.5 Å². The molecule has 0 aliphatic carbocycles. The highest BCUT2D eigenvalue weighted by molar-refractivity contribution is 5.59. The van der Waals surface area contributed by atoms with E-state index in [-0.39, 0.29) is 11.7 Å². The number of aromatic hydroxyl groups is 1. The van der Waals surface area contributed by atoms with E-state index in [4.69, 9.17) is 10.8 Å². The lowest BCUT2D eigenvalue weighted by atomic mass is 10.1. The maximum Gasteiger partial charge on any atom is 0.240 e. The molecule has 0 atom stereocenters. The van der Waals surface area contributed by atoms with Crippen LogP contribution in [0.5, 0.6) is 5.75 Å². The number of benzene rings is 1. The number of nitrogen functional groups attached to an aromatic ring is 1. The van der Waals surface area contributed by atoms with Crippen molar-refractivity contribution < 1.29 is 5.11 Å². The number of nitrogens with zero attached hydrogens (tertiary/aromatic N) is 3. The van der Waals surface area contributed by atoms with Gasteiger partial charge in [0.15, 0.2) is 0 Å². The van der Waals surface area contributed by atoms with Gasteiger partial charge in [0.25, 0.3) is 0 Å². The highest BCUT2D eigenvalue weighted by atomic mass is 16.3. The fraction of sp³-hybridized carbons (Fsp3) is 0. The second kappa shape index (κ2) is 3.29. The van der Waals surface area contributed by atoms with Crippen molar-refractivity contribution in [2.75, 3.05) is 5.73 Å². The Morgan fingerprint density at radius 1 is 1.14 bits per heavy atom. The van der Waals surface area contributed by atoms with E-state index in [0.29, 0.717) is 5.69 Å². The molecule has 70 valence electrons. The van der Waals surface area contributed by atoms with E-state index < -0.39 is 0 Å². The molecule has 1 aromatic heterocycles. The maximum absolute atomic E-state index is 9.09. The van der Waals surface area contributed by atoms with Crippen LogP contribution in [0.3, 0.4) is 0 Å². The predicted molar refractivity (Wildman–Crippen MR) is 51.3 cm³/mol. The second-order valence-electron chi connectivity index (χ2n) is 2.75. The fourth-order valence-corrected chi connectivity index (χ4v) is 1.09. The van der Waals surface area contributed by atoms with Crippen LogP contribution >= 0.6 is 0 Å². The molecule has 0 amide bonds. The number of rotatable bonds is 1. The van der Waals surface area contributed by atoms with Crippen LogP contribution in [-0.2, 0) is 0 Å². The van der Waals surface area contributed by atoms with Gasteiger partial charge >= 0.3 is 0 Å². The number of aromatic nitrogens is 3. The molecular weight excluding hydrogens is 180 g/mol. The van der Waals surface area contributed by atoms with Crippen LogP contribution in [0.4, 0.5) is 5.95 Å². The summed E-state index contributed by atoms with van der Waals surface area (Å²) in [6, 6.07) is 6.62. The fourth-order valence-electron chi connectivity index (χ4n) is 1.09. The minimum absolute atomic E-state index is 0.135. The number of anilines is 1. The predicted octanol–water partition coefficient (Wildman–Crippen LogP) is 0.826. The summed E-state index contributed by atoms with van der Waals surface area (Å²) in [7, 11) is 0. The average Bonchev–Trinajstić information content (AvgIpc) is 2.19. The molecule has 0 fully saturated rings. The van der Waals surface area contributed by atoms with Crippen molar-refractivity contribution in [1.82, 2.24) is 15.2 Å². The summed E-state index contributed by atoms with van der Waals surface area (Å²) >= 11 is 0. The third kappa shape index (κ3) is 1.61. The molecule has 0 aliphatic rings. The van der Waals surface area contributed by atoms with E-state index in [2.05, 4.69) is 15.2 Å². The van der Waals surface area contributed by atoms with Crippen LogP contribution < -0.4 is 5.73 Å². The third-order valence-corrected chi connectivity index (χ3v) is 1.74. The van der Waals surface area contributed by atoms with Crippen LogP contribution in [0.2, 0.25) is 0 Å². The Hall–Kier alpha value is -2.17. The molecule has 1 aromatic carbocycles. The number of phenols is 1. The van der Waals surface area contributed by atoms with Crippen molar-refractivity contribution in [3.05, 3.63) is 30.5 Å². The number of hydrogen-bond donors (Lipinski definition) is 2. The van der Waals surface area contributed by atoms with Gasteiger partial charge in [-0.1, -0.05) is 0 Å². The van der Waals surface area contributed by atoms with E-state index in [1.807, 2.05) is 0 Å². The van der Waals surface area contributed by atoms with Gasteiger partial charge in [0, 0.05) is 5.56 Å². The summed E-state index contributed by atoms with van der Waals surface area (Å²) in [5.41, 5.74) is 6.87. The molecule has 14 heavy (non-hydrogen) atoms. The summed E-state index contributed by atoms with van der Waals surface area (Å²) in [6.45, 7) is 0. The van der Waals surface area contributed by atoms with Gasteiger partial charge in [-0.2, -0.15) is 5.10 Å². The molecule has 2 rings (SSSR count). The molecular formula is C9H8N4O. The molecule has 0 saturated heterocycles. The summed E-state index contributed by atoms with van der Waals surface area (Å²) in [5, 5.41) is 16.3. The SMILES string of the molecule is Nc1nncc(-c2ccc(O)cc2)n1. The average molecular weight is 188 g/mol. The van der Waals surface area contributed by atoms with Crippen LogP contribution in [0.25, 0.3) is 11.3 Å². The Labute approximate surface area is 80.3 Å². The minimum Gasteiger partial charge on any atom is -0.508 e. The molecule has 0 saturated carbocycles. The second-order valence-corrected chi connectivity index (χ2v) is 2.75. The number of nitrogens with two attached hydrogens (primary N) is 1. The lowest BCUT2D eigenvalue weighted by Crippen LogP contribution is -1.97.